The number of nitrogens with one attached hydrogen (secondary N) is 1. The minimum Gasteiger partial charge on any atom is -0.476 e. The predicted molar refractivity (Wildman–Crippen MR) is 118 cm³/mol. The van der Waals surface area contributed by atoms with E-state index in [0.717, 1.165) is 10.9 Å². The van der Waals surface area contributed by atoms with E-state index in [2.05, 4.69) is 4.99 Å². The maximum atomic E-state index is 12.0. The molecule has 1 heterocycles. The van der Waals surface area contributed by atoms with Crippen molar-refractivity contribution in [1.82, 2.24) is 0 Å². The third-order valence-corrected chi connectivity index (χ3v) is 4.70. The summed E-state index contributed by atoms with van der Waals surface area (Å²) in [7, 11) is -6.00. The van der Waals surface area contributed by atoms with Gasteiger partial charge in [0.15, 0.2) is 0 Å². The molecule has 0 fully saturated rings. The van der Waals surface area contributed by atoms with E-state index in [1.807, 2.05) is 54.6 Å². The van der Waals surface area contributed by atoms with Crippen LogP contribution >= 0.6 is 11.6 Å². The lowest BCUT2D eigenvalue weighted by molar-refractivity contribution is -0.536. The van der Waals surface area contributed by atoms with Crippen molar-refractivity contribution in [2.24, 2.45) is 0 Å². The third kappa shape index (κ3) is 6.95. The maximum Gasteiger partial charge on any atom is 0.673 e. The van der Waals surface area contributed by atoms with Crippen LogP contribution in [0.5, 0.6) is 0 Å². The van der Waals surface area contributed by atoms with Crippen molar-refractivity contribution >= 4 is 35.8 Å². The summed E-state index contributed by atoms with van der Waals surface area (Å²) in [5.74, 6) is -0.335. The van der Waals surface area contributed by atoms with Crippen LogP contribution in [0.2, 0.25) is 5.02 Å². The fourth-order valence-corrected chi connectivity index (χ4v) is 3.28. The third-order valence-electron chi connectivity index (χ3n) is 4.47. The zero-order valence-corrected chi connectivity index (χ0v) is 17.6. The fourth-order valence-electron chi connectivity index (χ4n) is 3.11. The molecular formula is C23H17BClF4NO3. The molecule has 0 saturated heterocycles. The Hall–Kier alpha value is -3.59. The normalized spacial score (nSPS) is 12.7. The number of rotatable bonds is 4. The number of carbonyl (C=O) groups is 1. The molecule has 4 aromatic rings. The molecule has 1 aromatic heterocycles. The summed E-state index contributed by atoms with van der Waals surface area (Å²) in [4.78, 5) is 15.1. The van der Waals surface area contributed by atoms with Crippen molar-refractivity contribution < 1.29 is 36.6 Å². The number of halogens is 5. The molecule has 0 radical (unpaired) electrons. The van der Waals surface area contributed by atoms with Gasteiger partial charge in [-0.2, -0.15) is 0 Å². The van der Waals surface area contributed by atoms with Crippen molar-refractivity contribution in [3.8, 4) is 11.3 Å². The number of carboxylic acid groups (broad SMARTS) is 1. The Balaban J connectivity index is 0.000000555. The van der Waals surface area contributed by atoms with Crippen LogP contribution in [0.15, 0.2) is 89.3 Å². The number of fused-ring (bicyclic) bond motifs is 1. The largest absolute Gasteiger partial charge is 0.673 e. The van der Waals surface area contributed by atoms with Crippen molar-refractivity contribution in [3.63, 3.8) is 0 Å². The molecule has 4 rings (SSSR count). The molecule has 0 amide bonds. The van der Waals surface area contributed by atoms with Crippen molar-refractivity contribution in [2.45, 2.75) is 6.04 Å². The van der Waals surface area contributed by atoms with Gasteiger partial charge in [-0.3, -0.25) is 0 Å². The molecule has 33 heavy (non-hydrogen) atoms. The van der Waals surface area contributed by atoms with Gasteiger partial charge in [-0.05, 0) is 18.2 Å². The first kappa shape index (κ1) is 24.1. The van der Waals surface area contributed by atoms with Gasteiger partial charge in [0.25, 0.3) is 6.04 Å². The van der Waals surface area contributed by atoms with Crippen LogP contribution in [0.4, 0.5) is 17.3 Å². The van der Waals surface area contributed by atoms with Crippen LogP contribution < -0.4 is 10.3 Å². The van der Waals surface area contributed by atoms with Crippen LogP contribution in [-0.2, 0) is 4.79 Å². The topological polar surface area (TPSA) is 64.4 Å². The highest BCUT2D eigenvalue weighted by Gasteiger charge is 2.24. The van der Waals surface area contributed by atoms with E-state index < -0.39 is 19.3 Å². The zero-order chi connectivity index (χ0) is 24.0. The van der Waals surface area contributed by atoms with Crippen LogP contribution in [-0.4, -0.2) is 18.3 Å². The molecule has 1 atom stereocenters. The van der Waals surface area contributed by atoms with Crippen LogP contribution in [0.25, 0.3) is 22.3 Å². The van der Waals surface area contributed by atoms with Crippen LogP contribution in [0.3, 0.4) is 0 Å². The van der Waals surface area contributed by atoms with Crippen molar-refractivity contribution in [3.05, 3.63) is 101 Å². The number of carboxylic acids is 1. The summed E-state index contributed by atoms with van der Waals surface area (Å²) in [5.41, 5.74) is 2.17. The molecule has 0 bridgehead atoms. The van der Waals surface area contributed by atoms with Gasteiger partial charge in [0.1, 0.15) is 11.3 Å². The molecule has 0 spiro atoms. The first-order valence-electron chi connectivity index (χ1n) is 9.65. The van der Waals surface area contributed by atoms with E-state index in [1.54, 1.807) is 30.3 Å². The predicted octanol–water partition coefficient (Wildman–Crippen LogP) is 4.86. The summed E-state index contributed by atoms with van der Waals surface area (Å²) in [6, 6.07) is 24.9. The second-order valence-corrected chi connectivity index (χ2v) is 7.29. The van der Waals surface area contributed by atoms with Gasteiger partial charge in [0.05, 0.1) is 11.5 Å². The summed E-state index contributed by atoms with van der Waals surface area (Å²) in [6.45, 7) is 0. The first-order chi connectivity index (χ1) is 15.6. The van der Waals surface area contributed by atoms with Gasteiger partial charge in [0.2, 0.25) is 5.36 Å². The maximum absolute atomic E-state index is 12.0. The summed E-state index contributed by atoms with van der Waals surface area (Å²) < 4.78 is 45.0. The number of aliphatic carboxylic acids is 1. The Bertz CT molecular complexity index is 1310. The van der Waals surface area contributed by atoms with Gasteiger partial charge >= 0.3 is 13.2 Å². The molecule has 0 saturated carbocycles. The Morgan fingerprint density at radius 2 is 1.48 bits per heavy atom. The van der Waals surface area contributed by atoms with E-state index >= 15 is 0 Å². The zero-order valence-electron chi connectivity index (χ0n) is 16.9. The van der Waals surface area contributed by atoms with E-state index in [1.165, 1.54) is 0 Å². The van der Waals surface area contributed by atoms with Crippen LogP contribution in [0, 0.1) is 0 Å². The second kappa shape index (κ2) is 10.4. The van der Waals surface area contributed by atoms with Crippen molar-refractivity contribution in [2.75, 3.05) is 0 Å². The standard InChI is InChI=1S/C23H16ClNO3.BF4/c24-17-11-12-20-18(13-17)19(14-21(28-20)15-7-3-1-4-8-15)25-22(23(26)27)16-9-5-2-6-10-16;2-1(3,4)5/h1-14,22H,(H,26,27);/q;-1/p+1. The summed E-state index contributed by atoms with van der Waals surface area (Å²) in [5, 5.41) is 11.7. The Morgan fingerprint density at radius 1 is 0.909 bits per heavy atom. The average Bonchev–Trinajstić information content (AvgIpc) is 2.77. The van der Waals surface area contributed by atoms with Crippen LogP contribution in [0.1, 0.15) is 11.6 Å². The minimum atomic E-state index is -6.00. The smallest absolute Gasteiger partial charge is 0.476 e. The van der Waals surface area contributed by atoms with E-state index in [-0.39, 0.29) is 0 Å². The Kier molecular flexibility index (Phi) is 7.55. The number of benzene rings is 3. The summed E-state index contributed by atoms with van der Waals surface area (Å²) in [6.07, 6.45) is 0. The SMILES string of the molecule is F[B-](F)(F)F.O=C(O)C([NH+]=c1cc(-c2ccccc2)oc2ccc(Cl)cc12)c1ccccc1. The van der Waals surface area contributed by atoms with Gasteiger partial charge in [-0.1, -0.05) is 72.3 Å². The highest BCUT2D eigenvalue weighted by Crippen LogP contribution is 2.23. The molecule has 170 valence electrons. The van der Waals surface area contributed by atoms with E-state index in [9.17, 15) is 27.2 Å². The fraction of sp³-hybridized carbons (Fsp3) is 0.0435. The van der Waals surface area contributed by atoms with Gasteiger partial charge < -0.3 is 26.8 Å². The molecule has 3 aromatic carbocycles. The number of hydrogen-bond acceptors (Lipinski definition) is 2. The Labute approximate surface area is 190 Å². The molecular weight excluding hydrogens is 461 g/mol. The summed E-state index contributed by atoms with van der Waals surface area (Å²) >= 11 is 6.18. The molecule has 4 nitrogen and oxygen atoms in total. The molecule has 10 heteroatoms. The van der Waals surface area contributed by atoms with Crippen molar-refractivity contribution in [1.29, 1.82) is 0 Å². The number of hydrogen-bond donors (Lipinski definition) is 2. The average molecular weight is 478 g/mol. The monoisotopic (exact) mass is 477 g/mol. The van der Waals surface area contributed by atoms with Gasteiger partial charge in [-0.15, -0.1) is 0 Å². The Morgan fingerprint density at radius 3 is 2.06 bits per heavy atom. The highest BCUT2D eigenvalue weighted by atomic mass is 35.5. The lowest BCUT2D eigenvalue weighted by Gasteiger charge is -2.06. The molecule has 0 aliphatic rings. The van der Waals surface area contributed by atoms with E-state index in [0.29, 0.717) is 27.3 Å². The quantitative estimate of drug-likeness (QED) is 0.326. The van der Waals surface area contributed by atoms with Gasteiger partial charge in [0, 0.05) is 16.1 Å². The lowest BCUT2D eigenvalue weighted by Crippen LogP contribution is -2.79. The van der Waals surface area contributed by atoms with Gasteiger partial charge in [-0.25, -0.2) is 9.79 Å². The van der Waals surface area contributed by atoms with E-state index in [4.69, 9.17) is 16.0 Å². The minimum absolute atomic E-state index is 0.546. The second-order valence-electron chi connectivity index (χ2n) is 6.85. The molecule has 0 aliphatic heterocycles. The molecule has 0 aliphatic carbocycles. The molecule has 2 N–H and O–H groups in total. The molecule has 1 unspecified atom stereocenters. The first-order valence-corrected chi connectivity index (χ1v) is 10.0. The lowest BCUT2D eigenvalue weighted by atomic mass is 10.1. The highest BCUT2D eigenvalue weighted by molar-refractivity contribution is 6.50.